The quantitative estimate of drug-likeness (QED) is 0.657. The second-order valence-corrected chi connectivity index (χ2v) is 7.06. The molecule has 0 aliphatic carbocycles. The Morgan fingerprint density at radius 3 is 2.55 bits per heavy atom. The van der Waals surface area contributed by atoms with E-state index in [1.54, 1.807) is 6.33 Å². The third-order valence-corrected chi connectivity index (χ3v) is 4.29. The van der Waals surface area contributed by atoms with E-state index in [0.29, 0.717) is 17.3 Å². The highest BCUT2D eigenvalue weighted by Crippen LogP contribution is 2.38. The van der Waals surface area contributed by atoms with Gasteiger partial charge in [-0.25, -0.2) is 15.8 Å². The summed E-state index contributed by atoms with van der Waals surface area (Å²) in [4.78, 5) is 11.2. The van der Waals surface area contributed by atoms with Crippen LogP contribution in [-0.4, -0.2) is 23.1 Å². The first-order valence-electron chi connectivity index (χ1n) is 7.41. The van der Waals surface area contributed by atoms with E-state index in [0.717, 1.165) is 30.3 Å². The predicted octanol–water partition coefficient (Wildman–Crippen LogP) is 2.76. The second kappa shape index (κ2) is 5.56. The Hall–Kier alpha value is -1.36. The summed E-state index contributed by atoms with van der Waals surface area (Å²) >= 11 is 0. The lowest BCUT2D eigenvalue weighted by Gasteiger charge is -2.28. The molecular weight excluding hydrogens is 250 g/mol. The molecule has 2 rings (SSSR count). The molecule has 0 spiro atoms. The predicted molar refractivity (Wildman–Crippen MR) is 83.7 cm³/mol. The van der Waals surface area contributed by atoms with Gasteiger partial charge in [0.15, 0.2) is 0 Å². The van der Waals surface area contributed by atoms with E-state index < -0.39 is 0 Å². The highest BCUT2D eigenvalue weighted by molar-refractivity contribution is 5.60. The van der Waals surface area contributed by atoms with Crippen LogP contribution in [0.25, 0.3) is 0 Å². The molecule has 0 amide bonds. The Balaban J connectivity index is 2.30. The van der Waals surface area contributed by atoms with Gasteiger partial charge >= 0.3 is 0 Å². The van der Waals surface area contributed by atoms with Crippen molar-refractivity contribution in [3.05, 3.63) is 11.9 Å². The van der Waals surface area contributed by atoms with E-state index >= 15 is 0 Å². The smallest absolute Gasteiger partial charge is 0.148 e. The van der Waals surface area contributed by atoms with Crippen LogP contribution in [0.15, 0.2) is 6.33 Å². The Morgan fingerprint density at radius 1 is 1.35 bits per heavy atom. The average Bonchev–Trinajstić information content (AvgIpc) is 2.86. The zero-order chi connectivity index (χ0) is 14.9. The van der Waals surface area contributed by atoms with Crippen molar-refractivity contribution in [1.29, 1.82) is 0 Å². The van der Waals surface area contributed by atoms with Gasteiger partial charge in [-0.2, -0.15) is 0 Å². The van der Waals surface area contributed by atoms with Gasteiger partial charge in [0, 0.05) is 18.7 Å². The molecule has 1 atom stereocenters. The Morgan fingerprint density at radius 2 is 2.05 bits per heavy atom. The number of hydrazine groups is 1. The highest BCUT2D eigenvalue weighted by Gasteiger charge is 2.33. The summed E-state index contributed by atoms with van der Waals surface area (Å²) in [6, 6.07) is 0. The number of nitrogens with two attached hydrogens (primary N) is 1. The van der Waals surface area contributed by atoms with E-state index in [9.17, 15) is 0 Å². The number of rotatable bonds is 3. The lowest BCUT2D eigenvalue weighted by atomic mass is 9.80. The van der Waals surface area contributed by atoms with Crippen LogP contribution < -0.4 is 16.2 Å². The van der Waals surface area contributed by atoms with Crippen LogP contribution in [0.3, 0.4) is 0 Å². The van der Waals surface area contributed by atoms with Crippen LogP contribution in [0.5, 0.6) is 0 Å². The molecule has 5 heteroatoms. The van der Waals surface area contributed by atoms with Crippen LogP contribution in [0.4, 0.5) is 11.6 Å². The summed E-state index contributed by atoms with van der Waals surface area (Å²) in [5.41, 5.74) is 4.16. The van der Waals surface area contributed by atoms with E-state index in [1.165, 1.54) is 6.42 Å². The molecule has 1 saturated heterocycles. The molecule has 0 aromatic carbocycles. The molecule has 112 valence electrons. The molecule has 1 aliphatic rings. The number of nitrogen functional groups attached to an aromatic ring is 1. The molecular formula is C15H27N5. The molecule has 5 nitrogen and oxygen atoms in total. The lowest BCUT2D eigenvalue weighted by Crippen LogP contribution is -2.28. The van der Waals surface area contributed by atoms with Gasteiger partial charge in [0.1, 0.15) is 18.0 Å². The number of aromatic nitrogens is 2. The highest BCUT2D eigenvalue weighted by atomic mass is 15.3. The number of hydrogen-bond donors (Lipinski definition) is 2. The van der Waals surface area contributed by atoms with Crippen molar-refractivity contribution >= 4 is 11.6 Å². The number of nitrogens with one attached hydrogen (secondary N) is 1. The normalized spacial score (nSPS) is 19.8. The summed E-state index contributed by atoms with van der Waals surface area (Å²) in [5.74, 6) is 8.41. The third kappa shape index (κ3) is 2.87. The first kappa shape index (κ1) is 15.0. The van der Waals surface area contributed by atoms with Gasteiger partial charge < -0.3 is 10.3 Å². The van der Waals surface area contributed by atoms with E-state index in [-0.39, 0.29) is 0 Å². The summed E-state index contributed by atoms with van der Waals surface area (Å²) in [6.07, 6.45) is 2.82. The van der Waals surface area contributed by atoms with Crippen molar-refractivity contribution in [2.24, 2.45) is 17.2 Å². The first-order chi connectivity index (χ1) is 9.34. The van der Waals surface area contributed by atoms with Crippen LogP contribution in [0.1, 0.15) is 52.5 Å². The molecule has 1 fully saturated rings. The third-order valence-electron chi connectivity index (χ3n) is 4.29. The average molecular weight is 277 g/mol. The van der Waals surface area contributed by atoms with E-state index in [4.69, 9.17) is 5.84 Å². The van der Waals surface area contributed by atoms with E-state index in [1.807, 2.05) is 0 Å². The van der Waals surface area contributed by atoms with Crippen LogP contribution in [0, 0.1) is 11.3 Å². The molecule has 3 N–H and O–H groups in total. The molecule has 0 radical (unpaired) electrons. The van der Waals surface area contributed by atoms with Gasteiger partial charge in [-0.05, 0) is 23.7 Å². The molecule has 2 heterocycles. The monoisotopic (exact) mass is 277 g/mol. The fourth-order valence-corrected chi connectivity index (χ4v) is 2.94. The fraction of sp³-hybridized carbons (Fsp3) is 0.733. The molecule has 1 aliphatic heterocycles. The van der Waals surface area contributed by atoms with Gasteiger partial charge in [-0.3, -0.25) is 0 Å². The van der Waals surface area contributed by atoms with Crippen molar-refractivity contribution in [1.82, 2.24) is 9.97 Å². The molecule has 1 aromatic heterocycles. The van der Waals surface area contributed by atoms with Gasteiger partial charge in [-0.15, -0.1) is 0 Å². The summed E-state index contributed by atoms with van der Waals surface area (Å²) in [7, 11) is 0. The van der Waals surface area contributed by atoms with Crippen molar-refractivity contribution in [3.63, 3.8) is 0 Å². The van der Waals surface area contributed by atoms with Crippen LogP contribution >= 0.6 is 0 Å². The van der Waals surface area contributed by atoms with Crippen LogP contribution in [-0.2, 0) is 0 Å². The maximum atomic E-state index is 5.59. The summed E-state index contributed by atoms with van der Waals surface area (Å²) in [5, 5.41) is 0. The van der Waals surface area contributed by atoms with Crippen molar-refractivity contribution in [2.45, 2.75) is 47.0 Å². The topological polar surface area (TPSA) is 67.1 Å². The minimum atomic E-state index is 0.339. The maximum absolute atomic E-state index is 5.59. The summed E-state index contributed by atoms with van der Waals surface area (Å²) in [6.45, 7) is 13.4. The molecule has 0 saturated carbocycles. The van der Waals surface area contributed by atoms with Gasteiger partial charge in [-0.1, -0.05) is 34.6 Å². The second-order valence-electron chi connectivity index (χ2n) is 7.06. The Kier molecular flexibility index (Phi) is 4.18. The number of nitrogens with zero attached hydrogens (tertiary/aromatic N) is 3. The maximum Gasteiger partial charge on any atom is 0.148 e. The van der Waals surface area contributed by atoms with Gasteiger partial charge in [0.2, 0.25) is 0 Å². The van der Waals surface area contributed by atoms with Gasteiger partial charge in [0.05, 0.1) is 0 Å². The first-order valence-corrected chi connectivity index (χ1v) is 7.41. The van der Waals surface area contributed by atoms with Crippen LogP contribution in [0.2, 0.25) is 0 Å². The Labute approximate surface area is 121 Å². The number of anilines is 2. The lowest BCUT2D eigenvalue weighted by molar-refractivity contribution is 0.263. The zero-order valence-electron chi connectivity index (χ0n) is 13.3. The van der Waals surface area contributed by atoms with E-state index in [2.05, 4.69) is 54.9 Å². The standard InChI is InChI=1S/C15H27N5/c1-10(2)12-13(19-16)17-9-18-14(12)20-7-6-11(8-20)15(3,4)5/h9-11H,6-8,16H2,1-5H3,(H,17,18,19). The molecule has 0 bridgehead atoms. The molecule has 1 aromatic rings. The summed E-state index contributed by atoms with van der Waals surface area (Å²) < 4.78 is 0. The molecule has 1 unspecified atom stereocenters. The largest absolute Gasteiger partial charge is 0.356 e. The molecule has 20 heavy (non-hydrogen) atoms. The zero-order valence-corrected chi connectivity index (χ0v) is 13.3. The van der Waals surface area contributed by atoms with Crippen molar-refractivity contribution < 1.29 is 0 Å². The van der Waals surface area contributed by atoms with Gasteiger partial charge in [0.25, 0.3) is 0 Å². The Bertz CT molecular complexity index is 464. The number of hydrogen-bond acceptors (Lipinski definition) is 5. The minimum absolute atomic E-state index is 0.339. The minimum Gasteiger partial charge on any atom is -0.356 e. The SMILES string of the molecule is CC(C)c1c(NN)ncnc1N1CCC(C(C)(C)C)C1. The van der Waals surface area contributed by atoms with Crippen molar-refractivity contribution in [3.8, 4) is 0 Å². The fourth-order valence-electron chi connectivity index (χ4n) is 2.94. The van der Waals surface area contributed by atoms with Crippen molar-refractivity contribution in [2.75, 3.05) is 23.4 Å².